The fraction of sp³-hybridized carbons (Fsp3) is 0.0333. The van der Waals surface area contributed by atoms with E-state index in [1.165, 1.54) is 75.8 Å². The van der Waals surface area contributed by atoms with Crippen molar-refractivity contribution in [2.45, 2.75) is 12.3 Å². The maximum absolute atomic E-state index is 5.22. The van der Waals surface area contributed by atoms with Gasteiger partial charge in [0.1, 0.15) is 0 Å². The van der Waals surface area contributed by atoms with Crippen LogP contribution < -0.4 is 0 Å². The van der Waals surface area contributed by atoms with Gasteiger partial charge in [-0.15, -0.1) is 11.3 Å². The van der Waals surface area contributed by atoms with Crippen molar-refractivity contribution >= 4 is 31.5 Å². The van der Waals surface area contributed by atoms with Crippen molar-refractivity contribution in [3.8, 4) is 78.4 Å². The number of rotatable bonds is 7. The minimum atomic E-state index is -0.336. The van der Waals surface area contributed by atoms with Crippen molar-refractivity contribution in [1.82, 2.24) is 9.97 Å². The summed E-state index contributed by atoms with van der Waals surface area (Å²) in [7, 11) is 0. The van der Waals surface area contributed by atoms with Crippen LogP contribution in [0.2, 0.25) is 0 Å². The van der Waals surface area contributed by atoms with E-state index >= 15 is 0 Å². The van der Waals surface area contributed by atoms with Crippen LogP contribution in [0.25, 0.3) is 98.6 Å². The van der Waals surface area contributed by atoms with Crippen LogP contribution in [-0.2, 0) is 5.41 Å². The van der Waals surface area contributed by atoms with E-state index in [2.05, 4.69) is 213 Å². The Morgan fingerprint density at radius 3 is 1.71 bits per heavy atom. The molecule has 0 N–H and O–H groups in total. The molecule has 0 fully saturated rings. The Balaban J connectivity index is 0.944. The lowest BCUT2D eigenvalue weighted by Gasteiger charge is -2.29. The molecule has 296 valence electrons. The Kier molecular flexibility index (Phi) is 8.84. The predicted molar refractivity (Wildman–Crippen MR) is 265 cm³/mol. The van der Waals surface area contributed by atoms with Gasteiger partial charge in [-0.25, -0.2) is 9.97 Å². The van der Waals surface area contributed by atoms with Crippen molar-refractivity contribution in [2.24, 2.45) is 0 Å². The maximum Gasteiger partial charge on any atom is 0.160 e. The fourth-order valence-electron chi connectivity index (χ4n) is 9.76. The Hall–Kier alpha value is -7.72. The van der Waals surface area contributed by atoms with E-state index in [0.717, 1.165) is 33.6 Å². The number of hydrogen-bond donors (Lipinski definition) is 0. The zero-order valence-corrected chi connectivity index (χ0v) is 35.5. The summed E-state index contributed by atoms with van der Waals surface area (Å²) in [5.74, 6) is 0.704. The van der Waals surface area contributed by atoms with Gasteiger partial charge in [0.15, 0.2) is 5.82 Å². The summed E-state index contributed by atoms with van der Waals surface area (Å²) in [6.45, 7) is 2.39. The van der Waals surface area contributed by atoms with E-state index in [4.69, 9.17) is 9.97 Å². The van der Waals surface area contributed by atoms with Crippen molar-refractivity contribution < 1.29 is 0 Å². The molecule has 0 bridgehead atoms. The van der Waals surface area contributed by atoms with Crippen LogP contribution in [-0.4, -0.2) is 9.97 Å². The summed E-state index contributed by atoms with van der Waals surface area (Å²) >= 11 is 1.85. The molecule has 0 spiro atoms. The third-order valence-electron chi connectivity index (χ3n) is 13.0. The number of fused-ring (bicyclic) bond motifs is 6. The second-order valence-corrected chi connectivity index (χ2v) is 17.7. The highest BCUT2D eigenvalue weighted by molar-refractivity contribution is 7.25. The van der Waals surface area contributed by atoms with E-state index in [1.54, 1.807) is 0 Å². The van der Waals surface area contributed by atoms with Gasteiger partial charge in [-0.2, -0.15) is 0 Å². The second-order valence-electron chi connectivity index (χ2n) is 16.6. The topological polar surface area (TPSA) is 25.8 Å². The first kappa shape index (κ1) is 37.1. The minimum absolute atomic E-state index is 0.336. The summed E-state index contributed by atoms with van der Waals surface area (Å²) < 4.78 is 2.63. The highest BCUT2D eigenvalue weighted by atomic mass is 32.1. The third kappa shape index (κ3) is 6.31. The lowest BCUT2D eigenvalue weighted by atomic mass is 9.73. The van der Waals surface area contributed by atoms with E-state index in [9.17, 15) is 0 Å². The molecule has 9 aromatic carbocycles. The van der Waals surface area contributed by atoms with Gasteiger partial charge in [0.25, 0.3) is 0 Å². The van der Waals surface area contributed by atoms with E-state index < -0.39 is 0 Å². The first-order valence-electron chi connectivity index (χ1n) is 21.6. The number of hydrogen-bond acceptors (Lipinski definition) is 3. The first-order chi connectivity index (χ1) is 31.1. The molecule has 3 heteroatoms. The summed E-state index contributed by atoms with van der Waals surface area (Å²) in [5.41, 5.74) is 18.3. The molecule has 2 aromatic heterocycles. The lowest BCUT2D eigenvalue weighted by Crippen LogP contribution is -2.22. The number of nitrogens with zero attached hydrogens (tertiary/aromatic N) is 2. The molecule has 1 atom stereocenters. The monoisotopic (exact) mass is 820 g/mol. The number of benzene rings is 9. The largest absolute Gasteiger partial charge is 0.228 e. The molecule has 0 saturated heterocycles. The molecular weight excluding hydrogens is 781 g/mol. The summed E-state index contributed by atoms with van der Waals surface area (Å²) in [5, 5.41) is 2.62. The van der Waals surface area contributed by atoms with Gasteiger partial charge in [-0.3, -0.25) is 0 Å². The Morgan fingerprint density at radius 2 is 0.921 bits per heavy atom. The van der Waals surface area contributed by atoms with Crippen LogP contribution in [0.4, 0.5) is 0 Å². The van der Waals surface area contributed by atoms with Gasteiger partial charge in [0, 0.05) is 42.3 Å². The summed E-state index contributed by atoms with van der Waals surface area (Å²) in [6.07, 6.45) is 0. The average molecular weight is 821 g/mol. The molecule has 1 aliphatic rings. The van der Waals surface area contributed by atoms with Crippen molar-refractivity contribution in [3.63, 3.8) is 0 Å². The molecular formula is C60H40N2S. The summed E-state index contributed by atoms with van der Waals surface area (Å²) in [4.78, 5) is 10.4. The van der Waals surface area contributed by atoms with Gasteiger partial charge in [0.05, 0.1) is 11.4 Å². The first-order valence-corrected chi connectivity index (χ1v) is 22.4. The number of aromatic nitrogens is 2. The van der Waals surface area contributed by atoms with Gasteiger partial charge < -0.3 is 0 Å². The zero-order valence-electron chi connectivity index (χ0n) is 34.7. The molecule has 0 aliphatic heterocycles. The van der Waals surface area contributed by atoms with Crippen LogP contribution in [0.1, 0.15) is 23.6 Å². The predicted octanol–water partition coefficient (Wildman–Crippen LogP) is 16.2. The highest BCUT2D eigenvalue weighted by Gasteiger charge is 2.42. The smallest absolute Gasteiger partial charge is 0.160 e. The van der Waals surface area contributed by atoms with E-state index in [0.29, 0.717) is 5.82 Å². The Bertz CT molecular complexity index is 3500. The quantitative estimate of drug-likeness (QED) is 0.160. The standard InChI is InChI=1S/C60H40N2S/c1-60(47-21-9-4-10-22-47)52-25-14-24-48(40-15-5-2-6-16-40)58(52)50-33-31-45(37-53(50)60)43-19-13-20-46(35-43)55-38-54(61-59(62-55)42-17-7-3-8-18-42)41-29-27-39(28-30-41)44-32-34-57-51(36-44)49-23-11-12-26-56(49)63-57/h2-38H,1H3. The van der Waals surface area contributed by atoms with Crippen LogP contribution in [0.3, 0.4) is 0 Å². The molecule has 11 aromatic rings. The maximum atomic E-state index is 5.22. The SMILES string of the molecule is CC1(c2ccccc2)c2cc(-c3cccc(-c4cc(-c5ccc(-c6ccc7sc8ccccc8c7c6)cc5)nc(-c5ccccc5)n4)c3)ccc2-c2c(-c3ccccc3)cccc21. The molecule has 12 rings (SSSR count). The Labute approximate surface area is 371 Å². The van der Waals surface area contributed by atoms with Gasteiger partial charge >= 0.3 is 0 Å². The van der Waals surface area contributed by atoms with Crippen molar-refractivity contribution in [3.05, 3.63) is 241 Å². The highest BCUT2D eigenvalue weighted by Crippen LogP contribution is 2.56. The van der Waals surface area contributed by atoms with Crippen LogP contribution in [0.15, 0.2) is 224 Å². The van der Waals surface area contributed by atoms with Crippen LogP contribution in [0, 0.1) is 0 Å². The third-order valence-corrected chi connectivity index (χ3v) is 14.2. The average Bonchev–Trinajstić information content (AvgIpc) is 3.87. The van der Waals surface area contributed by atoms with Gasteiger partial charge in [-0.05, 0) is 105 Å². The summed E-state index contributed by atoms with van der Waals surface area (Å²) in [6, 6.07) is 81.2. The molecule has 1 aliphatic carbocycles. The van der Waals surface area contributed by atoms with Crippen LogP contribution >= 0.6 is 11.3 Å². The molecule has 2 heterocycles. The molecule has 2 nitrogen and oxygen atoms in total. The van der Waals surface area contributed by atoms with E-state index in [1.807, 2.05) is 29.5 Å². The van der Waals surface area contributed by atoms with Gasteiger partial charge in [-0.1, -0.05) is 188 Å². The molecule has 0 saturated carbocycles. The van der Waals surface area contributed by atoms with Crippen molar-refractivity contribution in [2.75, 3.05) is 0 Å². The van der Waals surface area contributed by atoms with Gasteiger partial charge in [0.2, 0.25) is 0 Å². The lowest BCUT2D eigenvalue weighted by molar-refractivity contribution is 0.714. The minimum Gasteiger partial charge on any atom is -0.228 e. The van der Waals surface area contributed by atoms with Crippen molar-refractivity contribution in [1.29, 1.82) is 0 Å². The fourth-order valence-corrected chi connectivity index (χ4v) is 10.8. The zero-order chi connectivity index (χ0) is 41.9. The molecule has 0 radical (unpaired) electrons. The second kappa shape index (κ2) is 15.0. The molecule has 1 unspecified atom stereocenters. The Morgan fingerprint density at radius 1 is 0.349 bits per heavy atom. The van der Waals surface area contributed by atoms with E-state index in [-0.39, 0.29) is 5.41 Å². The van der Waals surface area contributed by atoms with Crippen LogP contribution in [0.5, 0.6) is 0 Å². The normalized spacial score (nSPS) is 14.2. The molecule has 63 heavy (non-hydrogen) atoms. The molecule has 0 amide bonds. The number of thiophene rings is 1.